The number of aromatic nitrogens is 1. The van der Waals surface area contributed by atoms with Gasteiger partial charge < -0.3 is 5.73 Å². The first-order valence-electron chi connectivity index (χ1n) is 4.77. The van der Waals surface area contributed by atoms with Gasteiger partial charge >= 0.3 is 0 Å². The zero-order valence-electron chi connectivity index (χ0n) is 9.04. The third-order valence-electron chi connectivity index (χ3n) is 2.08. The highest BCUT2D eigenvalue weighted by atomic mass is 32.2. The van der Waals surface area contributed by atoms with Crippen molar-refractivity contribution in [3.05, 3.63) is 35.3 Å². The minimum absolute atomic E-state index is 0.256. The van der Waals surface area contributed by atoms with Crippen molar-refractivity contribution < 1.29 is 8.42 Å². The molecule has 0 unspecified atom stereocenters. The molecule has 0 saturated carbocycles. The highest BCUT2D eigenvalue weighted by molar-refractivity contribution is 7.94. The fraction of sp³-hybridized carbons (Fsp3) is 0.100. The third kappa shape index (κ3) is 2.56. The van der Waals surface area contributed by atoms with Crippen molar-refractivity contribution in [3.63, 3.8) is 0 Å². The van der Waals surface area contributed by atoms with Gasteiger partial charge in [0.2, 0.25) is 0 Å². The van der Waals surface area contributed by atoms with Crippen molar-refractivity contribution in [2.75, 3.05) is 10.5 Å². The molecular formula is C10H11N3O2S2. The lowest BCUT2D eigenvalue weighted by atomic mass is 10.4. The van der Waals surface area contributed by atoms with Gasteiger partial charge in [-0.1, -0.05) is 0 Å². The molecule has 0 aliphatic rings. The van der Waals surface area contributed by atoms with E-state index in [2.05, 4.69) is 9.71 Å². The first-order chi connectivity index (χ1) is 7.99. The first-order valence-corrected chi connectivity index (χ1v) is 7.14. The summed E-state index contributed by atoms with van der Waals surface area (Å²) in [7, 11) is -3.55. The maximum absolute atomic E-state index is 12.0. The molecule has 17 heavy (non-hydrogen) atoms. The van der Waals surface area contributed by atoms with Crippen molar-refractivity contribution in [1.82, 2.24) is 4.98 Å². The summed E-state index contributed by atoms with van der Waals surface area (Å²) in [4.78, 5) is 3.89. The standard InChI is InChI=1S/C10H11N3O2S2/c1-7-4-5-16-10(7)17(14,15)13-9-3-2-8(11)6-12-9/h2-6H,11H2,1H3,(H,12,13). The average molecular weight is 269 g/mol. The number of aryl methyl sites for hydroxylation is 1. The molecule has 0 saturated heterocycles. The van der Waals surface area contributed by atoms with E-state index in [0.717, 1.165) is 5.56 Å². The fourth-order valence-electron chi connectivity index (χ4n) is 1.28. The summed E-state index contributed by atoms with van der Waals surface area (Å²) in [5.41, 5.74) is 6.68. The van der Waals surface area contributed by atoms with Crippen LogP contribution >= 0.6 is 11.3 Å². The zero-order valence-corrected chi connectivity index (χ0v) is 10.7. The van der Waals surface area contributed by atoms with Crippen LogP contribution in [0.5, 0.6) is 0 Å². The van der Waals surface area contributed by atoms with E-state index in [-0.39, 0.29) is 5.82 Å². The molecule has 0 aliphatic carbocycles. The monoisotopic (exact) mass is 269 g/mol. The molecule has 0 radical (unpaired) electrons. The Morgan fingerprint density at radius 2 is 2.12 bits per heavy atom. The summed E-state index contributed by atoms with van der Waals surface area (Å²) < 4.78 is 26.7. The number of pyridine rings is 1. The molecule has 2 aromatic rings. The molecule has 2 aromatic heterocycles. The van der Waals surface area contributed by atoms with Crippen molar-refractivity contribution >= 4 is 32.9 Å². The molecule has 7 heteroatoms. The van der Waals surface area contributed by atoms with Gasteiger partial charge in [-0.2, -0.15) is 0 Å². The van der Waals surface area contributed by atoms with Crippen LogP contribution in [0.4, 0.5) is 11.5 Å². The van der Waals surface area contributed by atoms with E-state index >= 15 is 0 Å². The number of hydrogen-bond acceptors (Lipinski definition) is 5. The predicted molar refractivity (Wildman–Crippen MR) is 68.5 cm³/mol. The third-order valence-corrected chi connectivity index (χ3v) is 5.13. The van der Waals surface area contributed by atoms with Crippen LogP contribution in [0.15, 0.2) is 34.0 Å². The Morgan fingerprint density at radius 3 is 2.65 bits per heavy atom. The molecule has 2 rings (SSSR count). The molecule has 0 atom stereocenters. The number of nitrogens with one attached hydrogen (secondary N) is 1. The highest BCUT2D eigenvalue weighted by Crippen LogP contribution is 2.23. The average Bonchev–Trinajstić information content (AvgIpc) is 2.68. The second kappa shape index (κ2) is 4.34. The molecule has 0 fully saturated rings. The molecule has 2 heterocycles. The van der Waals surface area contributed by atoms with E-state index in [4.69, 9.17) is 5.73 Å². The lowest BCUT2D eigenvalue weighted by molar-refractivity contribution is 0.602. The normalized spacial score (nSPS) is 11.4. The quantitative estimate of drug-likeness (QED) is 0.890. The van der Waals surface area contributed by atoms with E-state index in [0.29, 0.717) is 9.90 Å². The number of anilines is 2. The van der Waals surface area contributed by atoms with Gasteiger partial charge in [-0.25, -0.2) is 13.4 Å². The van der Waals surface area contributed by atoms with Crippen LogP contribution in [0, 0.1) is 6.92 Å². The van der Waals surface area contributed by atoms with Gasteiger partial charge in [-0.3, -0.25) is 4.72 Å². The zero-order chi connectivity index (χ0) is 12.5. The SMILES string of the molecule is Cc1ccsc1S(=O)(=O)Nc1ccc(N)cn1. The Hall–Kier alpha value is -1.60. The fourth-order valence-corrected chi connectivity index (χ4v) is 3.71. The highest BCUT2D eigenvalue weighted by Gasteiger charge is 2.18. The van der Waals surface area contributed by atoms with Crippen LogP contribution in [-0.4, -0.2) is 13.4 Å². The topological polar surface area (TPSA) is 85.1 Å². The Bertz CT molecular complexity index is 617. The molecule has 5 nitrogen and oxygen atoms in total. The summed E-state index contributed by atoms with van der Waals surface area (Å²) in [5, 5.41) is 1.74. The van der Waals surface area contributed by atoms with Crippen LogP contribution in [0.2, 0.25) is 0 Å². The van der Waals surface area contributed by atoms with Gasteiger partial charge in [0.05, 0.1) is 11.9 Å². The van der Waals surface area contributed by atoms with E-state index in [9.17, 15) is 8.42 Å². The molecule has 90 valence electrons. The summed E-state index contributed by atoms with van der Waals surface area (Å²) in [6, 6.07) is 4.87. The van der Waals surface area contributed by atoms with Crippen LogP contribution in [-0.2, 0) is 10.0 Å². The van der Waals surface area contributed by atoms with Crippen molar-refractivity contribution in [2.45, 2.75) is 11.1 Å². The van der Waals surface area contributed by atoms with E-state index in [1.165, 1.54) is 23.6 Å². The number of thiophene rings is 1. The largest absolute Gasteiger partial charge is 0.397 e. The van der Waals surface area contributed by atoms with Gasteiger partial charge in [-0.15, -0.1) is 11.3 Å². The van der Waals surface area contributed by atoms with Crippen molar-refractivity contribution in [2.24, 2.45) is 0 Å². The van der Waals surface area contributed by atoms with Crippen LogP contribution in [0.1, 0.15) is 5.56 Å². The number of sulfonamides is 1. The van der Waals surface area contributed by atoms with Gasteiger partial charge in [0.15, 0.2) is 0 Å². The number of rotatable bonds is 3. The second-order valence-corrected chi connectivity index (χ2v) is 6.27. The second-order valence-electron chi connectivity index (χ2n) is 3.47. The minimum atomic E-state index is -3.55. The van der Waals surface area contributed by atoms with Gasteiger partial charge in [-0.05, 0) is 36.1 Å². The number of nitrogen functional groups attached to an aromatic ring is 1. The smallest absolute Gasteiger partial charge is 0.272 e. The number of nitrogens with two attached hydrogens (primary N) is 1. The summed E-state index contributed by atoms with van der Waals surface area (Å²) in [6.45, 7) is 1.75. The van der Waals surface area contributed by atoms with Gasteiger partial charge in [0, 0.05) is 0 Å². The Kier molecular flexibility index (Phi) is 3.03. The van der Waals surface area contributed by atoms with Crippen LogP contribution in [0.25, 0.3) is 0 Å². The molecule has 3 N–H and O–H groups in total. The molecule has 0 bridgehead atoms. The summed E-state index contributed by atoms with van der Waals surface area (Å²) >= 11 is 1.18. The summed E-state index contributed by atoms with van der Waals surface area (Å²) in [5.74, 6) is 0.256. The molecule has 0 aromatic carbocycles. The van der Waals surface area contributed by atoms with Crippen molar-refractivity contribution in [1.29, 1.82) is 0 Å². The minimum Gasteiger partial charge on any atom is -0.397 e. The Labute approximate surface area is 103 Å². The van der Waals surface area contributed by atoms with Gasteiger partial charge in [0.1, 0.15) is 10.0 Å². The van der Waals surface area contributed by atoms with E-state index in [1.54, 1.807) is 24.4 Å². The number of nitrogens with zero attached hydrogens (tertiary/aromatic N) is 1. The molecule has 0 spiro atoms. The summed E-state index contributed by atoms with van der Waals surface area (Å²) in [6.07, 6.45) is 1.40. The van der Waals surface area contributed by atoms with Crippen LogP contribution < -0.4 is 10.5 Å². The van der Waals surface area contributed by atoms with E-state index < -0.39 is 10.0 Å². The first kappa shape index (κ1) is 11.9. The predicted octanol–water partition coefficient (Wildman–Crippen LogP) is 1.83. The molecular weight excluding hydrogens is 258 g/mol. The lowest BCUT2D eigenvalue weighted by Crippen LogP contribution is -2.13. The maximum atomic E-state index is 12.0. The molecule has 0 amide bonds. The molecule has 0 aliphatic heterocycles. The van der Waals surface area contributed by atoms with Gasteiger partial charge in [0.25, 0.3) is 10.0 Å². The van der Waals surface area contributed by atoms with E-state index in [1.807, 2.05) is 0 Å². The van der Waals surface area contributed by atoms with Crippen LogP contribution in [0.3, 0.4) is 0 Å². The maximum Gasteiger partial charge on any atom is 0.272 e. The lowest BCUT2D eigenvalue weighted by Gasteiger charge is -2.06. The Morgan fingerprint density at radius 1 is 1.35 bits per heavy atom. The van der Waals surface area contributed by atoms with Crippen molar-refractivity contribution in [3.8, 4) is 0 Å². The number of hydrogen-bond donors (Lipinski definition) is 2. The Balaban J connectivity index is 2.30.